The fourth-order valence-electron chi connectivity index (χ4n) is 2.62. The Morgan fingerprint density at radius 2 is 1.83 bits per heavy atom. The van der Waals surface area contributed by atoms with Crippen LogP contribution in [0, 0.1) is 17.1 Å². The van der Waals surface area contributed by atoms with Crippen LogP contribution in [0.4, 0.5) is 4.39 Å². The standard InChI is InChI=1S/C20H23FN2/c1-2-3-4-5-6-7-8-16-9-12-20(23-15-16)17-10-11-18(14-22)19(21)13-17/h9-13,15H,2-8H2,1H3. The quantitative estimate of drug-likeness (QED) is 0.590. The van der Waals surface area contributed by atoms with E-state index < -0.39 is 5.82 Å². The van der Waals surface area contributed by atoms with E-state index in [1.54, 1.807) is 6.07 Å². The first-order chi connectivity index (χ1) is 11.2. The van der Waals surface area contributed by atoms with Gasteiger partial charge >= 0.3 is 0 Å². The van der Waals surface area contributed by atoms with Gasteiger partial charge in [-0.15, -0.1) is 0 Å². The van der Waals surface area contributed by atoms with Crippen LogP contribution in [0.15, 0.2) is 36.5 Å². The number of aryl methyl sites for hydroxylation is 1. The number of hydrogen-bond donors (Lipinski definition) is 0. The van der Waals surface area contributed by atoms with Crippen molar-refractivity contribution in [3.8, 4) is 17.3 Å². The molecule has 120 valence electrons. The topological polar surface area (TPSA) is 36.7 Å². The fraction of sp³-hybridized carbons (Fsp3) is 0.400. The Hall–Kier alpha value is -2.21. The predicted molar refractivity (Wildman–Crippen MR) is 91.4 cm³/mol. The summed E-state index contributed by atoms with van der Waals surface area (Å²) in [4.78, 5) is 4.42. The molecule has 1 aromatic heterocycles. The van der Waals surface area contributed by atoms with Gasteiger partial charge in [-0.05, 0) is 36.6 Å². The van der Waals surface area contributed by atoms with Gasteiger partial charge in [0.1, 0.15) is 11.9 Å². The largest absolute Gasteiger partial charge is 0.256 e. The first-order valence-electron chi connectivity index (χ1n) is 8.39. The predicted octanol–water partition coefficient (Wildman–Crippen LogP) is 5.66. The van der Waals surface area contributed by atoms with E-state index in [2.05, 4.69) is 18.0 Å². The van der Waals surface area contributed by atoms with Crippen LogP contribution in [-0.4, -0.2) is 4.98 Å². The first-order valence-corrected chi connectivity index (χ1v) is 8.39. The highest BCUT2D eigenvalue weighted by Gasteiger charge is 2.05. The number of rotatable bonds is 8. The Morgan fingerprint density at radius 3 is 2.48 bits per heavy atom. The Labute approximate surface area is 138 Å². The molecule has 0 amide bonds. The maximum Gasteiger partial charge on any atom is 0.141 e. The smallest absolute Gasteiger partial charge is 0.141 e. The van der Waals surface area contributed by atoms with Crippen LogP contribution in [0.5, 0.6) is 0 Å². The van der Waals surface area contributed by atoms with Crippen LogP contribution in [0.25, 0.3) is 11.3 Å². The van der Waals surface area contributed by atoms with Crippen molar-refractivity contribution in [1.29, 1.82) is 5.26 Å². The minimum absolute atomic E-state index is 0.0634. The van der Waals surface area contributed by atoms with Gasteiger partial charge in [-0.3, -0.25) is 4.98 Å². The summed E-state index contributed by atoms with van der Waals surface area (Å²) in [5.74, 6) is -0.497. The molecule has 0 bridgehead atoms. The Kier molecular flexibility index (Phi) is 6.75. The normalized spacial score (nSPS) is 10.5. The molecule has 0 fully saturated rings. The third-order valence-corrected chi connectivity index (χ3v) is 4.03. The van der Waals surface area contributed by atoms with E-state index in [9.17, 15) is 4.39 Å². The molecule has 2 rings (SSSR count). The van der Waals surface area contributed by atoms with Crippen molar-refractivity contribution in [2.45, 2.75) is 51.9 Å². The summed E-state index contributed by atoms with van der Waals surface area (Å²) in [6.45, 7) is 2.23. The van der Waals surface area contributed by atoms with Crippen LogP contribution < -0.4 is 0 Å². The lowest BCUT2D eigenvalue weighted by molar-refractivity contribution is 0.607. The molecule has 0 N–H and O–H groups in total. The molecule has 23 heavy (non-hydrogen) atoms. The highest BCUT2D eigenvalue weighted by Crippen LogP contribution is 2.20. The van der Waals surface area contributed by atoms with Crippen molar-refractivity contribution in [2.75, 3.05) is 0 Å². The van der Waals surface area contributed by atoms with Crippen molar-refractivity contribution < 1.29 is 4.39 Å². The minimum atomic E-state index is -0.497. The van der Waals surface area contributed by atoms with Crippen molar-refractivity contribution >= 4 is 0 Å². The second-order valence-electron chi connectivity index (χ2n) is 5.88. The van der Waals surface area contributed by atoms with Crippen LogP contribution in [0.3, 0.4) is 0 Å². The number of pyridine rings is 1. The highest BCUT2D eigenvalue weighted by molar-refractivity contribution is 5.60. The van der Waals surface area contributed by atoms with Crippen LogP contribution in [0.2, 0.25) is 0 Å². The van der Waals surface area contributed by atoms with Gasteiger partial charge in [0.05, 0.1) is 11.3 Å². The molecule has 0 saturated heterocycles. The van der Waals surface area contributed by atoms with Crippen molar-refractivity contribution in [3.63, 3.8) is 0 Å². The van der Waals surface area contributed by atoms with Crippen LogP contribution in [0.1, 0.15) is 56.6 Å². The Balaban J connectivity index is 1.89. The van der Waals surface area contributed by atoms with Gasteiger partial charge in [-0.25, -0.2) is 4.39 Å². The maximum absolute atomic E-state index is 13.7. The molecule has 3 heteroatoms. The Bertz CT molecular complexity index is 656. The molecule has 0 spiro atoms. The second kappa shape index (κ2) is 9.05. The fourth-order valence-corrected chi connectivity index (χ4v) is 2.62. The summed E-state index contributed by atoms with van der Waals surface area (Å²) in [7, 11) is 0. The molecule has 0 aliphatic heterocycles. The van der Waals surface area contributed by atoms with E-state index in [1.807, 2.05) is 18.3 Å². The number of benzene rings is 1. The number of nitriles is 1. The highest BCUT2D eigenvalue weighted by atomic mass is 19.1. The van der Waals surface area contributed by atoms with E-state index in [0.717, 1.165) is 12.1 Å². The molecule has 2 nitrogen and oxygen atoms in total. The molecule has 2 aromatic rings. The minimum Gasteiger partial charge on any atom is -0.256 e. The van der Waals surface area contributed by atoms with Crippen molar-refractivity contribution in [2.24, 2.45) is 0 Å². The molecule has 0 aliphatic carbocycles. The molecule has 1 heterocycles. The average molecular weight is 310 g/mol. The van der Waals surface area contributed by atoms with E-state index in [-0.39, 0.29) is 5.56 Å². The second-order valence-corrected chi connectivity index (χ2v) is 5.88. The van der Waals surface area contributed by atoms with Crippen LogP contribution >= 0.6 is 0 Å². The lowest BCUT2D eigenvalue weighted by Gasteiger charge is -2.05. The first kappa shape index (κ1) is 17.1. The van der Waals surface area contributed by atoms with Crippen molar-refractivity contribution in [1.82, 2.24) is 4.98 Å². The van der Waals surface area contributed by atoms with Gasteiger partial charge in [0, 0.05) is 11.8 Å². The summed E-state index contributed by atoms with van der Waals surface area (Å²) in [6, 6.07) is 10.4. The molecule has 1 aromatic carbocycles. The summed E-state index contributed by atoms with van der Waals surface area (Å²) in [6.07, 6.45) is 10.6. The molecule has 0 atom stereocenters. The molecule has 0 saturated carbocycles. The zero-order valence-corrected chi connectivity index (χ0v) is 13.7. The zero-order valence-electron chi connectivity index (χ0n) is 13.7. The molecular weight excluding hydrogens is 287 g/mol. The number of unbranched alkanes of at least 4 members (excludes halogenated alkanes) is 5. The van der Waals surface area contributed by atoms with Gasteiger partial charge in [0.2, 0.25) is 0 Å². The van der Waals surface area contributed by atoms with Gasteiger partial charge in [0.25, 0.3) is 0 Å². The third-order valence-electron chi connectivity index (χ3n) is 4.03. The number of halogens is 1. The molecule has 0 aliphatic rings. The van der Waals surface area contributed by atoms with Crippen molar-refractivity contribution in [3.05, 3.63) is 53.5 Å². The zero-order chi connectivity index (χ0) is 16.5. The van der Waals surface area contributed by atoms with Gasteiger partial charge in [-0.2, -0.15) is 5.26 Å². The van der Waals surface area contributed by atoms with E-state index in [1.165, 1.54) is 56.2 Å². The molecule has 0 radical (unpaired) electrons. The van der Waals surface area contributed by atoms with E-state index in [4.69, 9.17) is 5.26 Å². The number of nitrogens with zero attached hydrogens (tertiary/aromatic N) is 2. The van der Waals surface area contributed by atoms with E-state index in [0.29, 0.717) is 5.56 Å². The monoisotopic (exact) mass is 310 g/mol. The average Bonchev–Trinajstić information content (AvgIpc) is 2.58. The van der Waals surface area contributed by atoms with Crippen LogP contribution in [-0.2, 0) is 6.42 Å². The summed E-state index contributed by atoms with van der Waals surface area (Å²) >= 11 is 0. The maximum atomic E-state index is 13.7. The lowest BCUT2D eigenvalue weighted by Crippen LogP contribution is -1.91. The third kappa shape index (κ3) is 5.17. The van der Waals surface area contributed by atoms with Gasteiger partial charge in [0.15, 0.2) is 0 Å². The summed E-state index contributed by atoms with van der Waals surface area (Å²) in [5, 5.41) is 8.76. The van der Waals surface area contributed by atoms with E-state index >= 15 is 0 Å². The SMILES string of the molecule is CCCCCCCCc1ccc(-c2ccc(C#N)c(F)c2)nc1. The summed E-state index contributed by atoms with van der Waals surface area (Å²) < 4.78 is 13.7. The number of aromatic nitrogens is 1. The Morgan fingerprint density at radius 1 is 1.04 bits per heavy atom. The molecular formula is C20H23FN2. The lowest BCUT2D eigenvalue weighted by atomic mass is 10.0. The van der Waals surface area contributed by atoms with Gasteiger partial charge < -0.3 is 0 Å². The molecule has 0 unspecified atom stereocenters. The van der Waals surface area contributed by atoms with Gasteiger partial charge in [-0.1, -0.05) is 51.2 Å². The summed E-state index contributed by atoms with van der Waals surface area (Å²) in [5.41, 5.74) is 2.72. The number of hydrogen-bond acceptors (Lipinski definition) is 2.